The molecule has 0 saturated heterocycles. The summed E-state index contributed by atoms with van der Waals surface area (Å²) in [6.07, 6.45) is 1.59. The second kappa shape index (κ2) is 7.39. The van der Waals surface area contributed by atoms with Gasteiger partial charge in [0, 0.05) is 31.2 Å². The highest BCUT2D eigenvalue weighted by Gasteiger charge is 2.18. The second-order valence-electron chi connectivity index (χ2n) is 6.18. The van der Waals surface area contributed by atoms with Crippen molar-refractivity contribution in [3.05, 3.63) is 70.6 Å². The number of nitrogens with one attached hydrogen (secondary N) is 1. The van der Waals surface area contributed by atoms with Crippen LogP contribution >= 0.6 is 0 Å². The van der Waals surface area contributed by atoms with Gasteiger partial charge >= 0.3 is 0 Å². The van der Waals surface area contributed by atoms with E-state index >= 15 is 0 Å². The van der Waals surface area contributed by atoms with Gasteiger partial charge in [-0.1, -0.05) is 42.5 Å². The van der Waals surface area contributed by atoms with Crippen LogP contribution in [0.25, 0.3) is 6.08 Å². The Labute approximate surface area is 148 Å². The lowest BCUT2D eigenvalue weighted by atomic mass is 10.0. The van der Waals surface area contributed by atoms with Crippen molar-refractivity contribution < 1.29 is 13.5 Å². The summed E-state index contributed by atoms with van der Waals surface area (Å²) in [6, 6.07) is 15.0. The summed E-state index contributed by atoms with van der Waals surface area (Å²) in [5, 5.41) is 11.4. The van der Waals surface area contributed by atoms with Crippen molar-refractivity contribution in [2.75, 3.05) is 25.0 Å². The van der Waals surface area contributed by atoms with E-state index in [1.54, 1.807) is 0 Å². The van der Waals surface area contributed by atoms with Gasteiger partial charge in [-0.05, 0) is 35.3 Å². The van der Waals surface area contributed by atoms with Crippen LogP contribution in [0.4, 0.5) is 5.69 Å². The van der Waals surface area contributed by atoms with Gasteiger partial charge < -0.3 is 10.0 Å². The zero-order chi connectivity index (χ0) is 17.9. The van der Waals surface area contributed by atoms with E-state index in [0.717, 1.165) is 29.5 Å². The highest BCUT2D eigenvalue weighted by molar-refractivity contribution is 7.92. The van der Waals surface area contributed by atoms with E-state index in [0.29, 0.717) is 0 Å². The van der Waals surface area contributed by atoms with E-state index < -0.39 is 16.1 Å². The maximum Gasteiger partial charge on any atom is 0.233 e. The standard InChI is InChI=1S/C19H22N2O3S/c1-21-11-9-16-13-17(7-8-18(16)21)19(22)14-20-25(23,24)12-10-15-5-3-2-4-6-15/h2-8,10,12-13,19-20,22H,9,11,14H2,1H3/b12-10+/t19-/m0/s1. The van der Waals surface area contributed by atoms with Crippen LogP contribution in [0, 0.1) is 0 Å². The number of benzene rings is 2. The first-order valence-corrected chi connectivity index (χ1v) is 9.74. The van der Waals surface area contributed by atoms with Gasteiger partial charge in [-0.2, -0.15) is 0 Å². The molecule has 0 unspecified atom stereocenters. The topological polar surface area (TPSA) is 69.6 Å². The van der Waals surface area contributed by atoms with E-state index in [2.05, 4.69) is 9.62 Å². The van der Waals surface area contributed by atoms with Crippen molar-refractivity contribution in [2.45, 2.75) is 12.5 Å². The SMILES string of the molecule is CN1CCc2cc([C@@H](O)CNS(=O)(=O)/C=C/c3ccccc3)ccc21. The number of likely N-dealkylation sites (N-methyl/N-ethyl adjacent to an activating group) is 1. The van der Waals surface area contributed by atoms with E-state index in [-0.39, 0.29) is 6.54 Å². The van der Waals surface area contributed by atoms with Crippen molar-refractivity contribution in [1.82, 2.24) is 4.72 Å². The smallest absolute Gasteiger partial charge is 0.233 e. The molecule has 0 bridgehead atoms. The Morgan fingerprint density at radius 2 is 2.00 bits per heavy atom. The normalized spacial score (nSPS) is 15.5. The Bertz CT molecular complexity index is 863. The average Bonchev–Trinajstić information content (AvgIpc) is 2.99. The number of fused-ring (bicyclic) bond motifs is 1. The molecular formula is C19H22N2O3S. The molecule has 1 aliphatic rings. The number of hydrogen-bond acceptors (Lipinski definition) is 4. The molecule has 0 fully saturated rings. The molecule has 2 aromatic rings. The molecular weight excluding hydrogens is 336 g/mol. The molecule has 0 radical (unpaired) electrons. The monoisotopic (exact) mass is 358 g/mol. The van der Waals surface area contributed by atoms with Crippen LogP contribution in [0.5, 0.6) is 0 Å². The molecule has 3 rings (SSSR count). The zero-order valence-electron chi connectivity index (χ0n) is 14.1. The summed E-state index contributed by atoms with van der Waals surface area (Å²) in [4.78, 5) is 2.17. The van der Waals surface area contributed by atoms with Crippen molar-refractivity contribution in [1.29, 1.82) is 0 Å². The lowest BCUT2D eigenvalue weighted by Crippen LogP contribution is -2.26. The number of sulfonamides is 1. The van der Waals surface area contributed by atoms with Gasteiger partial charge in [0.05, 0.1) is 6.10 Å². The predicted molar refractivity (Wildman–Crippen MR) is 101 cm³/mol. The van der Waals surface area contributed by atoms with Crippen molar-refractivity contribution >= 4 is 21.8 Å². The summed E-state index contributed by atoms with van der Waals surface area (Å²) in [7, 11) is -1.57. The predicted octanol–water partition coefficient (Wildman–Crippen LogP) is 2.30. The number of anilines is 1. The van der Waals surface area contributed by atoms with Crippen molar-refractivity contribution in [3.8, 4) is 0 Å². The molecule has 132 valence electrons. The summed E-state index contributed by atoms with van der Waals surface area (Å²) in [5.41, 5.74) is 3.88. The minimum atomic E-state index is -3.60. The molecule has 2 N–H and O–H groups in total. The third-order valence-electron chi connectivity index (χ3n) is 4.33. The molecule has 0 spiro atoms. The van der Waals surface area contributed by atoms with Crippen LogP contribution in [-0.2, 0) is 16.4 Å². The minimum Gasteiger partial charge on any atom is -0.387 e. The number of aliphatic hydroxyl groups excluding tert-OH is 1. The number of aliphatic hydroxyl groups is 1. The maximum absolute atomic E-state index is 12.1. The Morgan fingerprint density at radius 3 is 2.76 bits per heavy atom. The number of hydrogen-bond donors (Lipinski definition) is 2. The van der Waals surface area contributed by atoms with Crippen LogP contribution in [0.2, 0.25) is 0 Å². The first kappa shape index (κ1) is 17.7. The molecule has 0 amide bonds. The quantitative estimate of drug-likeness (QED) is 0.831. The second-order valence-corrected chi connectivity index (χ2v) is 7.83. The van der Waals surface area contributed by atoms with Crippen LogP contribution < -0.4 is 9.62 Å². The Hall–Kier alpha value is -2.15. The molecule has 1 aliphatic heterocycles. The fourth-order valence-electron chi connectivity index (χ4n) is 2.89. The number of nitrogens with zero attached hydrogens (tertiary/aromatic N) is 1. The molecule has 1 atom stereocenters. The van der Waals surface area contributed by atoms with Crippen molar-refractivity contribution in [2.24, 2.45) is 0 Å². The van der Waals surface area contributed by atoms with Gasteiger partial charge in [0.2, 0.25) is 10.0 Å². The van der Waals surface area contributed by atoms with Crippen LogP contribution in [0.1, 0.15) is 22.8 Å². The van der Waals surface area contributed by atoms with Crippen LogP contribution in [0.15, 0.2) is 53.9 Å². The average molecular weight is 358 g/mol. The molecule has 0 aromatic heterocycles. The van der Waals surface area contributed by atoms with Gasteiger partial charge in [0.15, 0.2) is 0 Å². The highest BCUT2D eigenvalue weighted by Crippen LogP contribution is 2.29. The van der Waals surface area contributed by atoms with Gasteiger partial charge in [-0.15, -0.1) is 0 Å². The largest absolute Gasteiger partial charge is 0.387 e. The summed E-state index contributed by atoms with van der Waals surface area (Å²) < 4.78 is 26.5. The minimum absolute atomic E-state index is 0.0594. The molecule has 1 heterocycles. The fraction of sp³-hybridized carbons (Fsp3) is 0.263. The zero-order valence-corrected chi connectivity index (χ0v) is 14.9. The van der Waals surface area contributed by atoms with Crippen LogP contribution in [-0.4, -0.2) is 33.7 Å². The van der Waals surface area contributed by atoms with E-state index in [1.807, 2.05) is 55.6 Å². The summed E-state index contributed by atoms with van der Waals surface area (Å²) >= 11 is 0. The summed E-state index contributed by atoms with van der Waals surface area (Å²) in [6.45, 7) is 0.905. The molecule has 6 heteroatoms. The Morgan fingerprint density at radius 1 is 1.24 bits per heavy atom. The molecule has 25 heavy (non-hydrogen) atoms. The Kier molecular flexibility index (Phi) is 5.22. The lowest BCUT2D eigenvalue weighted by Gasteiger charge is -2.15. The fourth-order valence-corrected chi connectivity index (χ4v) is 3.71. The molecule has 2 aromatic carbocycles. The van der Waals surface area contributed by atoms with Gasteiger partial charge in [-0.25, -0.2) is 13.1 Å². The molecule has 0 aliphatic carbocycles. The van der Waals surface area contributed by atoms with Gasteiger partial charge in [-0.3, -0.25) is 0 Å². The molecule has 5 nitrogen and oxygen atoms in total. The third-order valence-corrected chi connectivity index (χ3v) is 5.40. The van der Waals surface area contributed by atoms with Gasteiger partial charge in [0.25, 0.3) is 0 Å². The van der Waals surface area contributed by atoms with Gasteiger partial charge in [0.1, 0.15) is 0 Å². The van der Waals surface area contributed by atoms with E-state index in [4.69, 9.17) is 0 Å². The lowest BCUT2D eigenvalue weighted by molar-refractivity contribution is 0.182. The van der Waals surface area contributed by atoms with E-state index in [9.17, 15) is 13.5 Å². The first-order chi connectivity index (χ1) is 11.9. The van der Waals surface area contributed by atoms with Crippen LogP contribution in [0.3, 0.4) is 0 Å². The Balaban J connectivity index is 1.62. The summed E-state index contributed by atoms with van der Waals surface area (Å²) in [5.74, 6) is 0. The third kappa shape index (κ3) is 4.48. The first-order valence-electron chi connectivity index (χ1n) is 8.19. The van der Waals surface area contributed by atoms with Crippen molar-refractivity contribution in [3.63, 3.8) is 0 Å². The van der Waals surface area contributed by atoms with E-state index in [1.165, 1.54) is 17.3 Å². The molecule has 0 saturated carbocycles. The highest BCUT2D eigenvalue weighted by atomic mass is 32.2. The maximum atomic E-state index is 12.1. The number of rotatable bonds is 6.